The average Bonchev–Trinajstić information content (AvgIpc) is 3.44. The molecule has 1 aliphatic carbocycles. The SMILES string of the molecule is Cc1ccc(NC(=O)Cc2nc(CSc3nc(C)c(C)n3C3CCCC3)cs2)cc1. The predicted molar refractivity (Wildman–Crippen MR) is 124 cm³/mol. The third-order valence-corrected chi connectivity index (χ3v) is 7.52. The highest BCUT2D eigenvalue weighted by Gasteiger charge is 2.23. The molecule has 0 unspecified atom stereocenters. The van der Waals surface area contributed by atoms with Gasteiger partial charge in [-0.2, -0.15) is 0 Å². The molecular weight excluding hydrogens is 412 g/mol. The van der Waals surface area contributed by atoms with Crippen LogP contribution in [-0.2, 0) is 17.0 Å². The highest BCUT2D eigenvalue weighted by molar-refractivity contribution is 7.98. The molecule has 0 spiro atoms. The van der Waals surface area contributed by atoms with Gasteiger partial charge in [-0.05, 0) is 45.7 Å². The van der Waals surface area contributed by atoms with E-state index in [2.05, 4.69) is 34.1 Å². The Balaban J connectivity index is 1.35. The molecule has 0 radical (unpaired) electrons. The normalized spacial score (nSPS) is 14.4. The van der Waals surface area contributed by atoms with Gasteiger partial charge in [0, 0.05) is 28.6 Å². The Morgan fingerprint density at radius 3 is 2.63 bits per heavy atom. The second-order valence-electron chi connectivity index (χ2n) is 7.99. The lowest BCUT2D eigenvalue weighted by molar-refractivity contribution is -0.115. The summed E-state index contributed by atoms with van der Waals surface area (Å²) in [6, 6.07) is 8.42. The number of nitrogens with one attached hydrogen (secondary N) is 1. The van der Waals surface area contributed by atoms with Crippen molar-refractivity contribution in [3.8, 4) is 0 Å². The summed E-state index contributed by atoms with van der Waals surface area (Å²) in [6.45, 7) is 6.31. The van der Waals surface area contributed by atoms with Gasteiger partial charge in [-0.1, -0.05) is 42.3 Å². The third-order valence-electron chi connectivity index (χ3n) is 5.64. The zero-order chi connectivity index (χ0) is 21.1. The number of carbonyl (C=O) groups excluding carboxylic acids is 1. The maximum absolute atomic E-state index is 12.3. The number of aryl methyl sites for hydroxylation is 2. The van der Waals surface area contributed by atoms with E-state index in [-0.39, 0.29) is 5.91 Å². The standard InChI is InChI=1S/C23H28N4OS2/c1-15-8-10-18(11-9-15)25-21(28)12-22-26-19(13-29-22)14-30-23-24-16(2)17(3)27(23)20-6-4-5-7-20/h8-11,13,20H,4-7,12,14H2,1-3H3,(H,25,28). The van der Waals surface area contributed by atoms with Crippen molar-refractivity contribution in [2.45, 2.75) is 69.8 Å². The molecule has 3 aromatic rings. The molecule has 1 N–H and O–H groups in total. The van der Waals surface area contributed by atoms with Gasteiger partial charge in [-0.25, -0.2) is 9.97 Å². The molecule has 1 amide bonds. The molecule has 1 fully saturated rings. The van der Waals surface area contributed by atoms with Crippen LogP contribution in [0.1, 0.15) is 59.4 Å². The smallest absolute Gasteiger partial charge is 0.231 e. The molecule has 5 nitrogen and oxygen atoms in total. The van der Waals surface area contributed by atoms with Gasteiger partial charge in [0.05, 0.1) is 17.8 Å². The number of anilines is 1. The van der Waals surface area contributed by atoms with Gasteiger partial charge in [0.2, 0.25) is 5.91 Å². The molecule has 2 aromatic heterocycles. The Morgan fingerprint density at radius 1 is 1.17 bits per heavy atom. The molecule has 1 aromatic carbocycles. The van der Waals surface area contributed by atoms with Crippen molar-refractivity contribution >= 4 is 34.7 Å². The van der Waals surface area contributed by atoms with Crippen molar-refractivity contribution in [3.63, 3.8) is 0 Å². The van der Waals surface area contributed by atoms with Crippen LogP contribution in [0.4, 0.5) is 5.69 Å². The van der Waals surface area contributed by atoms with E-state index >= 15 is 0 Å². The van der Waals surface area contributed by atoms with E-state index < -0.39 is 0 Å². The minimum atomic E-state index is -0.0320. The second kappa shape index (κ2) is 9.35. The summed E-state index contributed by atoms with van der Waals surface area (Å²) in [7, 11) is 0. The molecule has 2 heterocycles. The monoisotopic (exact) mass is 440 g/mol. The van der Waals surface area contributed by atoms with Gasteiger partial charge in [0.1, 0.15) is 5.01 Å². The van der Waals surface area contributed by atoms with Gasteiger partial charge in [0.15, 0.2) is 5.16 Å². The van der Waals surface area contributed by atoms with Crippen molar-refractivity contribution in [2.75, 3.05) is 5.32 Å². The molecule has 0 aliphatic heterocycles. The lowest BCUT2D eigenvalue weighted by Gasteiger charge is -2.16. The van der Waals surface area contributed by atoms with E-state index in [0.29, 0.717) is 12.5 Å². The Bertz CT molecular complexity index is 1020. The van der Waals surface area contributed by atoms with E-state index in [9.17, 15) is 4.79 Å². The van der Waals surface area contributed by atoms with E-state index in [1.54, 1.807) is 23.1 Å². The van der Waals surface area contributed by atoms with Gasteiger partial charge < -0.3 is 9.88 Å². The number of benzene rings is 1. The summed E-state index contributed by atoms with van der Waals surface area (Å²) in [4.78, 5) is 21.8. The van der Waals surface area contributed by atoms with Crippen LogP contribution >= 0.6 is 23.1 Å². The average molecular weight is 441 g/mol. The summed E-state index contributed by atoms with van der Waals surface area (Å²) in [6.07, 6.45) is 5.43. The first-order valence-electron chi connectivity index (χ1n) is 10.5. The zero-order valence-corrected chi connectivity index (χ0v) is 19.4. The van der Waals surface area contributed by atoms with Crippen LogP contribution in [0.5, 0.6) is 0 Å². The largest absolute Gasteiger partial charge is 0.326 e. The minimum Gasteiger partial charge on any atom is -0.326 e. The van der Waals surface area contributed by atoms with E-state index in [0.717, 1.165) is 33.0 Å². The Kier molecular flexibility index (Phi) is 6.58. The Labute approximate surface area is 186 Å². The van der Waals surface area contributed by atoms with Crippen molar-refractivity contribution < 1.29 is 4.79 Å². The van der Waals surface area contributed by atoms with Gasteiger partial charge in [0.25, 0.3) is 0 Å². The first-order chi connectivity index (χ1) is 14.5. The van der Waals surface area contributed by atoms with E-state index in [4.69, 9.17) is 4.98 Å². The molecule has 7 heteroatoms. The van der Waals surface area contributed by atoms with Crippen LogP contribution in [0.2, 0.25) is 0 Å². The molecule has 158 valence electrons. The number of hydrogen-bond donors (Lipinski definition) is 1. The first kappa shape index (κ1) is 21.1. The van der Waals surface area contributed by atoms with Gasteiger partial charge in [-0.15, -0.1) is 11.3 Å². The first-order valence-corrected chi connectivity index (χ1v) is 12.3. The van der Waals surface area contributed by atoms with Crippen molar-refractivity contribution in [2.24, 2.45) is 0 Å². The lowest BCUT2D eigenvalue weighted by atomic mass is 10.2. The Morgan fingerprint density at radius 2 is 1.90 bits per heavy atom. The highest BCUT2D eigenvalue weighted by atomic mass is 32.2. The number of rotatable bonds is 7. The second-order valence-corrected chi connectivity index (χ2v) is 9.87. The van der Waals surface area contributed by atoms with E-state index in [1.807, 2.05) is 31.2 Å². The summed E-state index contributed by atoms with van der Waals surface area (Å²) < 4.78 is 2.44. The van der Waals surface area contributed by atoms with Crippen molar-refractivity contribution in [1.82, 2.24) is 14.5 Å². The fourth-order valence-corrected chi connectivity index (χ4v) is 5.85. The third kappa shape index (κ3) is 4.95. The number of nitrogens with zero attached hydrogens (tertiary/aromatic N) is 3. The van der Waals surface area contributed by atoms with Gasteiger partial charge >= 0.3 is 0 Å². The topological polar surface area (TPSA) is 59.8 Å². The number of thiazole rings is 1. The fourth-order valence-electron chi connectivity index (χ4n) is 3.90. The molecule has 0 bridgehead atoms. The molecule has 0 saturated heterocycles. The highest BCUT2D eigenvalue weighted by Crippen LogP contribution is 2.36. The predicted octanol–water partition coefficient (Wildman–Crippen LogP) is 5.85. The maximum atomic E-state index is 12.3. The Hall–Kier alpha value is -2.12. The number of amides is 1. The van der Waals surface area contributed by atoms with Crippen molar-refractivity contribution in [3.05, 3.63) is 57.3 Å². The lowest BCUT2D eigenvalue weighted by Crippen LogP contribution is -2.14. The van der Waals surface area contributed by atoms with Gasteiger partial charge in [-0.3, -0.25) is 4.79 Å². The van der Waals surface area contributed by atoms with E-state index in [1.165, 1.54) is 36.9 Å². The van der Waals surface area contributed by atoms with Crippen LogP contribution in [0, 0.1) is 20.8 Å². The molecule has 4 rings (SSSR count). The molecule has 1 aliphatic rings. The minimum absolute atomic E-state index is 0.0320. The van der Waals surface area contributed by atoms with Crippen LogP contribution < -0.4 is 5.32 Å². The molecule has 30 heavy (non-hydrogen) atoms. The molecular formula is C23H28N4OS2. The number of carbonyl (C=O) groups is 1. The fraction of sp³-hybridized carbons (Fsp3) is 0.435. The molecule has 1 saturated carbocycles. The number of thioether (sulfide) groups is 1. The number of aromatic nitrogens is 3. The van der Waals surface area contributed by atoms with Crippen LogP contribution in [0.25, 0.3) is 0 Å². The zero-order valence-electron chi connectivity index (χ0n) is 17.8. The van der Waals surface area contributed by atoms with Crippen LogP contribution in [0.3, 0.4) is 0 Å². The van der Waals surface area contributed by atoms with Crippen LogP contribution in [-0.4, -0.2) is 20.4 Å². The molecule has 0 atom stereocenters. The quantitative estimate of drug-likeness (QED) is 0.468. The number of imidazole rings is 1. The maximum Gasteiger partial charge on any atom is 0.231 e. The van der Waals surface area contributed by atoms with Crippen LogP contribution in [0.15, 0.2) is 34.8 Å². The summed E-state index contributed by atoms with van der Waals surface area (Å²) in [5, 5.41) is 6.95. The number of hydrogen-bond acceptors (Lipinski definition) is 5. The van der Waals surface area contributed by atoms with Crippen molar-refractivity contribution in [1.29, 1.82) is 0 Å². The summed E-state index contributed by atoms with van der Waals surface area (Å²) in [5.41, 5.74) is 5.42. The summed E-state index contributed by atoms with van der Waals surface area (Å²) >= 11 is 3.31. The summed E-state index contributed by atoms with van der Waals surface area (Å²) in [5.74, 6) is 0.744.